The summed E-state index contributed by atoms with van der Waals surface area (Å²) in [6, 6.07) is 20.0. The second kappa shape index (κ2) is 12.7. The Kier molecular flexibility index (Phi) is 9.65. The molecule has 0 saturated carbocycles. The van der Waals surface area contributed by atoms with Crippen LogP contribution < -0.4 is 15.8 Å². The molecule has 3 aromatic rings. The molecule has 0 aliphatic rings. The molecule has 37 heavy (non-hydrogen) atoms. The molecule has 3 aromatic carbocycles. The van der Waals surface area contributed by atoms with Crippen molar-refractivity contribution in [1.82, 2.24) is 10.0 Å². The van der Waals surface area contributed by atoms with Gasteiger partial charge in [0.25, 0.3) is 10.0 Å². The number of hydrogen-bond acceptors (Lipinski definition) is 6. The number of aliphatic hydroxyl groups excluding tert-OH is 1. The molecule has 0 saturated heterocycles. The van der Waals surface area contributed by atoms with E-state index < -0.39 is 34.5 Å². The number of sulfonamides is 1. The van der Waals surface area contributed by atoms with E-state index in [-0.39, 0.29) is 23.1 Å². The second-order valence-electron chi connectivity index (χ2n) is 7.91. The van der Waals surface area contributed by atoms with Gasteiger partial charge in [0.1, 0.15) is 6.04 Å². The summed E-state index contributed by atoms with van der Waals surface area (Å²) < 4.78 is 28.3. The maximum absolute atomic E-state index is 13.0. The van der Waals surface area contributed by atoms with Gasteiger partial charge in [0, 0.05) is 21.7 Å². The van der Waals surface area contributed by atoms with Gasteiger partial charge in [0.05, 0.1) is 18.0 Å². The van der Waals surface area contributed by atoms with Crippen LogP contribution in [0.15, 0.2) is 88.8 Å². The van der Waals surface area contributed by atoms with Crippen molar-refractivity contribution in [2.45, 2.75) is 16.9 Å². The number of aliphatic imine (C=N–C) groups is 1. The molecule has 2 unspecified atom stereocenters. The van der Waals surface area contributed by atoms with E-state index >= 15 is 0 Å². The maximum atomic E-state index is 13.0. The number of nitrogens with two attached hydrogens (primary N) is 1. The number of carbonyl (C=O) groups is 1. The number of amides is 1. The summed E-state index contributed by atoms with van der Waals surface area (Å²) in [7, 11) is -4.15. The van der Waals surface area contributed by atoms with Crippen molar-refractivity contribution in [2.75, 3.05) is 13.2 Å². The predicted molar refractivity (Wildman–Crippen MR) is 145 cm³/mol. The smallest absolute Gasteiger partial charge is 0.264 e. The molecule has 12 heteroatoms. The molecule has 2 atom stereocenters. The zero-order valence-electron chi connectivity index (χ0n) is 19.4. The summed E-state index contributed by atoms with van der Waals surface area (Å²) in [4.78, 5) is 16.0. The highest BCUT2D eigenvalue weighted by atomic mass is 35.5. The van der Waals surface area contributed by atoms with Crippen molar-refractivity contribution < 1.29 is 18.3 Å². The van der Waals surface area contributed by atoms with Crippen LogP contribution in [0.5, 0.6) is 0 Å². The lowest BCUT2D eigenvalue weighted by atomic mass is 9.90. The van der Waals surface area contributed by atoms with Crippen LogP contribution in [0.3, 0.4) is 0 Å². The molecular weight excluding hydrogens is 537 g/mol. The number of hydrogen-bond donors (Lipinski definition) is 5. The van der Waals surface area contributed by atoms with E-state index in [2.05, 4.69) is 15.0 Å². The normalized spacial score (nSPS) is 13.4. The Bertz CT molecular complexity index is 1370. The number of primary amides is 1. The minimum Gasteiger partial charge on any atom is -0.394 e. The average molecular weight is 562 g/mol. The van der Waals surface area contributed by atoms with Crippen molar-refractivity contribution in [3.05, 3.63) is 100 Å². The summed E-state index contributed by atoms with van der Waals surface area (Å²) in [6.07, 6.45) is 0. The van der Waals surface area contributed by atoms with Crippen molar-refractivity contribution >= 4 is 50.8 Å². The van der Waals surface area contributed by atoms with Crippen molar-refractivity contribution in [1.29, 1.82) is 5.41 Å². The average Bonchev–Trinajstić information content (AvgIpc) is 2.88. The Morgan fingerprint density at radius 3 is 2.08 bits per heavy atom. The molecule has 0 aromatic heterocycles. The van der Waals surface area contributed by atoms with Crippen LogP contribution in [0.1, 0.15) is 17.0 Å². The first kappa shape index (κ1) is 28.1. The summed E-state index contributed by atoms with van der Waals surface area (Å²) in [5, 5.41) is 21.8. The Morgan fingerprint density at radius 2 is 1.54 bits per heavy atom. The zero-order chi connectivity index (χ0) is 27.0. The van der Waals surface area contributed by atoms with Crippen LogP contribution in [0.2, 0.25) is 10.0 Å². The number of guanidine groups is 1. The number of nitrogens with zero attached hydrogens (tertiary/aromatic N) is 1. The standard InChI is InChI=1S/C25H25Cl2N5O4S/c26-18-8-6-17(7-9-18)23(28)21(16-4-2-1-3-5-16)14-30-25(31-22(15-33)24(29)34)32-37(35,36)20-12-10-19(27)11-13-20/h1-13,21-22,28,33H,14-15H2,(H2,29,34)(H2,30,31,32). The van der Waals surface area contributed by atoms with Gasteiger partial charge < -0.3 is 21.6 Å². The SMILES string of the molecule is N=C(c1ccc(Cl)cc1)C(CN=C(NC(CO)C(N)=O)NS(=O)(=O)c1ccc(Cl)cc1)c1ccccc1. The van der Waals surface area contributed by atoms with Gasteiger partial charge in [0.2, 0.25) is 11.9 Å². The van der Waals surface area contributed by atoms with Gasteiger partial charge in [-0.15, -0.1) is 0 Å². The first-order chi connectivity index (χ1) is 17.6. The van der Waals surface area contributed by atoms with Crippen LogP contribution >= 0.6 is 23.2 Å². The molecule has 0 aliphatic carbocycles. The number of benzene rings is 3. The first-order valence-electron chi connectivity index (χ1n) is 11.0. The van der Waals surface area contributed by atoms with Gasteiger partial charge in [-0.3, -0.25) is 9.79 Å². The summed E-state index contributed by atoms with van der Waals surface area (Å²) in [5.41, 5.74) is 6.91. The number of nitrogens with one attached hydrogen (secondary N) is 3. The van der Waals surface area contributed by atoms with E-state index in [0.29, 0.717) is 15.6 Å². The lowest BCUT2D eigenvalue weighted by molar-refractivity contribution is -0.120. The highest BCUT2D eigenvalue weighted by Gasteiger charge is 2.23. The van der Waals surface area contributed by atoms with Crippen LogP contribution in [-0.4, -0.2) is 50.3 Å². The molecule has 0 bridgehead atoms. The third-order valence-corrected chi connectivity index (χ3v) is 7.19. The molecule has 1 amide bonds. The van der Waals surface area contributed by atoms with E-state index in [4.69, 9.17) is 34.3 Å². The fourth-order valence-electron chi connectivity index (χ4n) is 3.34. The van der Waals surface area contributed by atoms with Gasteiger partial charge in [-0.05, 0) is 47.5 Å². The fraction of sp³-hybridized carbons (Fsp3) is 0.160. The molecule has 194 valence electrons. The molecule has 0 heterocycles. The Morgan fingerprint density at radius 1 is 0.973 bits per heavy atom. The molecule has 6 N–H and O–H groups in total. The van der Waals surface area contributed by atoms with Crippen molar-refractivity contribution in [3.8, 4) is 0 Å². The molecule has 0 aliphatic heterocycles. The number of carbonyl (C=O) groups excluding carboxylic acids is 1. The predicted octanol–water partition coefficient (Wildman–Crippen LogP) is 2.92. The lowest BCUT2D eigenvalue weighted by Crippen LogP contribution is -2.52. The van der Waals surface area contributed by atoms with Gasteiger partial charge >= 0.3 is 0 Å². The van der Waals surface area contributed by atoms with E-state index in [1.165, 1.54) is 24.3 Å². The fourth-order valence-corrected chi connectivity index (χ4v) is 4.58. The van der Waals surface area contributed by atoms with E-state index in [1.54, 1.807) is 24.3 Å². The molecule has 9 nitrogen and oxygen atoms in total. The number of aliphatic hydroxyl groups is 1. The van der Waals surface area contributed by atoms with Crippen LogP contribution in [0, 0.1) is 5.41 Å². The maximum Gasteiger partial charge on any atom is 0.264 e. The number of rotatable bonds is 10. The van der Waals surface area contributed by atoms with Crippen molar-refractivity contribution in [3.63, 3.8) is 0 Å². The minimum atomic E-state index is -4.15. The van der Waals surface area contributed by atoms with E-state index in [0.717, 1.165) is 5.56 Å². The molecular formula is C25H25Cl2N5O4S. The molecule has 0 fully saturated rings. The highest BCUT2D eigenvalue weighted by Crippen LogP contribution is 2.23. The molecule has 0 radical (unpaired) electrons. The Labute approximate surface area is 224 Å². The van der Waals surface area contributed by atoms with E-state index in [9.17, 15) is 18.3 Å². The Hall–Kier alpha value is -3.44. The monoisotopic (exact) mass is 561 g/mol. The zero-order valence-corrected chi connectivity index (χ0v) is 21.8. The van der Waals surface area contributed by atoms with Gasteiger partial charge in [0.15, 0.2) is 0 Å². The van der Waals surface area contributed by atoms with Crippen LogP contribution in [-0.2, 0) is 14.8 Å². The third kappa shape index (κ3) is 7.77. The van der Waals surface area contributed by atoms with Crippen molar-refractivity contribution in [2.24, 2.45) is 10.7 Å². The largest absolute Gasteiger partial charge is 0.394 e. The van der Waals surface area contributed by atoms with Gasteiger partial charge in [-0.1, -0.05) is 65.7 Å². The number of halogens is 2. The molecule has 3 rings (SSSR count). The van der Waals surface area contributed by atoms with Gasteiger partial charge in [-0.25, -0.2) is 13.1 Å². The Balaban J connectivity index is 1.98. The summed E-state index contributed by atoms with van der Waals surface area (Å²) >= 11 is 11.9. The summed E-state index contributed by atoms with van der Waals surface area (Å²) in [6.45, 7) is -0.770. The molecule has 0 spiro atoms. The first-order valence-corrected chi connectivity index (χ1v) is 13.2. The topological polar surface area (TPSA) is 158 Å². The van der Waals surface area contributed by atoms with Crippen LogP contribution in [0.4, 0.5) is 0 Å². The third-order valence-electron chi connectivity index (χ3n) is 5.33. The summed E-state index contributed by atoms with van der Waals surface area (Å²) in [5.74, 6) is -1.81. The highest BCUT2D eigenvalue weighted by molar-refractivity contribution is 7.90. The second-order valence-corrected chi connectivity index (χ2v) is 10.5. The lowest BCUT2D eigenvalue weighted by Gasteiger charge is -2.20. The minimum absolute atomic E-state index is 0.0755. The quantitative estimate of drug-likeness (QED) is 0.190. The van der Waals surface area contributed by atoms with Crippen LogP contribution in [0.25, 0.3) is 0 Å². The van der Waals surface area contributed by atoms with Gasteiger partial charge in [-0.2, -0.15) is 0 Å². The van der Waals surface area contributed by atoms with E-state index in [1.807, 2.05) is 30.3 Å².